The van der Waals surface area contributed by atoms with Crippen LogP contribution >= 0.6 is 0 Å². The second-order valence-corrected chi connectivity index (χ2v) is 7.72. The van der Waals surface area contributed by atoms with Crippen LogP contribution in [-0.4, -0.2) is 68.4 Å². The molecular weight excluding hydrogens is 360 g/mol. The van der Waals surface area contributed by atoms with Gasteiger partial charge < -0.3 is 19.0 Å². The molecule has 0 amide bonds. The number of esters is 1. The number of methoxy groups -OCH3 is 2. The van der Waals surface area contributed by atoms with Gasteiger partial charge in [-0.15, -0.1) is 0 Å². The van der Waals surface area contributed by atoms with E-state index in [0.717, 1.165) is 0 Å². The van der Waals surface area contributed by atoms with Gasteiger partial charge in [0.15, 0.2) is 11.8 Å². The van der Waals surface area contributed by atoms with Crippen molar-refractivity contribution in [2.75, 3.05) is 40.6 Å². The first-order valence-corrected chi connectivity index (χ1v) is 9.81. The topological polar surface area (TPSA) is 95.5 Å². The van der Waals surface area contributed by atoms with Crippen molar-refractivity contribution in [2.45, 2.75) is 17.4 Å². The first-order chi connectivity index (χ1) is 12.5. The van der Waals surface area contributed by atoms with E-state index in [0.29, 0.717) is 43.2 Å². The minimum absolute atomic E-state index is 0.0360. The molecule has 0 aromatic heterocycles. The highest BCUT2D eigenvalue weighted by molar-refractivity contribution is 7.98. The summed E-state index contributed by atoms with van der Waals surface area (Å²) in [7, 11) is 0.176. The third kappa shape index (κ3) is 5.53. The van der Waals surface area contributed by atoms with E-state index in [2.05, 4.69) is 15.7 Å². The molecule has 26 heavy (non-hydrogen) atoms. The summed E-state index contributed by atoms with van der Waals surface area (Å²) in [6.07, 6.45) is 0.533. The van der Waals surface area contributed by atoms with Crippen LogP contribution in [0.15, 0.2) is 34.3 Å². The summed E-state index contributed by atoms with van der Waals surface area (Å²) in [6, 6.07) is 6.51. The van der Waals surface area contributed by atoms with Crippen LogP contribution < -0.4 is 4.72 Å². The lowest BCUT2D eigenvalue weighted by Crippen LogP contribution is -2.27. The Hall–Kier alpha value is -1.94. The van der Waals surface area contributed by atoms with Crippen molar-refractivity contribution in [1.29, 1.82) is 0 Å². The Morgan fingerprint density at radius 1 is 1.38 bits per heavy atom. The molecule has 0 bridgehead atoms. The molecule has 1 heterocycles. The Labute approximate surface area is 153 Å². The third-order valence-corrected chi connectivity index (χ3v) is 5.41. The molecule has 1 aliphatic rings. The summed E-state index contributed by atoms with van der Waals surface area (Å²) in [5.41, 5.74) is 0.528. The highest BCUT2D eigenvalue weighted by atomic mass is 32.2. The summed E-state index contributed by atoms with van der Waals surface area (Å²) in [5.74, 6) is 3.11. The average Bonchev–Trinajstić information content (AvgIpc) is 3.15. The predicted molar refractivity (Wildman–Crippen MR) is 98.7 cm³/mol. The SMILES string of the molecule is C=S(=O)(NCCOC)c1ccc(/C(=N\O[C@@H]2CCOC2)C(=O)OC)cc1. The lowest BCUT2D eigenvalue weighted by atomic mass is 10.1. The number of nitrogens with zero attached hydrogens (tertiary/aromatic N) is 1. The van der Waals surface area contributed by atoms with Crippen LogP contribution in [0.2, 0.25) is 0 Å². The predicted octanol–water partition coefficient (Wildman–Crippen LogP) is 0.596. The van der Waals surface area contributed by atoms with Crippen molar-refractivity contribution in [3.8, 4) is 0 Å². The molecule has 8 nitrogen and oxygen atoms in total. The van der Waals surface area contributed by atoms with E-state index in [1.165, 1.54) is 7.11 Å². The summed E-state index contributed by atoms with van der Waals surface area (Å²) in [4.78, 5) is 17.9. The zero-order chi connectivity index (χ0) is 19.0. The monoisotopic (exact) mass is 384 g/mol. The largest absolute Gasteiger partial charge is 0.464 e. The number of carbonyl (C=O) groups is 1. The van der Waals surface area contributed by atoms with Crippen molar-refractivity contribution < 1.29 is 28.1 Å². The number of hydrogen-bond acceptors (Lipinski definition) is 7. The molecular formula is C17H24N2O6S. The number of benzene rings is 1. The van der Waals surface area contributed by atoms with Gasteiger partial charge in [0.05, 0.1) is 36.6 Å². The van der Waals surface area contributed by atoms with E-state index >= 15 is 0 Å². The summed E-state index contributed by atoms with van der Waals surface area (Å²) in [6.45, 7) is 1.88. The fraction of sp³-hybridized carbons (Fsp3) is 0.471. The molecule has 144 valence electrons. The fourth-order valence-corrected chi connectivity index (χ4v) is 3.41. The van der Waals surface area contributed by atoms with Gasteiger partial charge in [-0.1, -0.05) is 17.3 Å². The van der Waals surface area contributed by atoms with Crippen molar-refractivity contribution in [1.82, 2.24) is 4.72 Å². The lowest BCUT2D eigenvalue weighted by Gasteiger charge is -2.12. The highest BCUT2D eigenvalue weighted by Crippen LogP contribution is 2.14. The first-order valence-electron chi connectivity index (χ1n) is 8.09. The lowest BCUT2D eigenvalue weighted by molar-refractivity contribution is -0.132. The van der Waals surface area contributed by atoms with Crippen LogP contribution in [0.3, 0.4) is 0 Å². The standard InChI is InChI=1S/C17H24N2O6S/c1-22-11-9-18-26(3,21)15-6-4-13(5-7-15)16(17(20)23-2)19-25-14-8-10-24-12-14/h4-7,14H,3,8-12H2,1-2H3,(H,18,21)/b19-16+/t14-,26?/m1/s1. The smallest absolute Gasteiger partial charge is 0.360 e. The highest BCUT2D eigenvalue weighted by Gasteiger charge is 2.21. The molecule has 1 unspecified atom stereocenters. The molecule has 1 aromatic carbocycles. The number of hydrogen-bond donors (Lipinski definition) is 1. The second kappa shape index (κ2) is 9.67. The molecule has 0 spiro atoms. The molecule has 0 aliphatic carbocycles. The van der Waals surface area contributed by atoms with Gasteiger partial charge in [-0.05, 0) is 18.0 Å². The van der Waals surface area contributed by atoms with Crippen LogP contribution in [0.1, 0.15) is 12.0 Å². The maximum absolute atomic E-state index is 12.6. The van der Waals surface area contributed by atoms with Crippen molar-refractivity contribution >= 4 is 27.3 Å². The van der Waals surface area contributed by atoms with Crippen LogP contribution in [0.25, 0.3) is 0 Å². The Morgan fingerprint density at radius 3 is 2.69 bits per heavy atom. The maximum Gasteiger partial charge on any atom is 0.360 e. The molecule has 1 aliphatic heterocycles. The number of ether oxygens (including phenoxy) is 3. The van der Waals surface area contributed by atoms with E-state index in [9.17, 15) is 9.00 Å². The zero-order valence-electron chi connectivity index (χ0n) is 14.9. The third-order valence-electron chi connectivity index (χ3n) is 3.71. The van der Waals surface area contributed by atoms with E-state index in [1.807, 2.05) is 0 Å². The summed E-state index contributed by atoms with van der Waals surface area (Å²) < 4.78 is 30.4. The summed E-state index contributed by atoms with van der Waals surface area (Å²) >= 11 is 0. The quantitative estimate of drug-likeness (QED) is 0.220. The van der Waals surface area contributed by atoms with Gasteiger partial charge in [-0.25, -0.2) is 13.7 Å². The molecule has 9 heteroatoms. The molecule has 0 radical (unpaired) electrons. The van der Waals surface area contributed by atoms with E-state index in [1.54, 1.807) is 31.4 Å². The minimum atomic E-state index is -2.66. The van der Waals surface area contributed by atoms with Crippen LogP contribution in [0.4, 0.5) is 0 Å². The Morgan fingerprint density at radius 2 is 2.12 bits per heavy atom. The van der Waals surface area contributed by atoms with Crippen LogP contribution in [-0.2, 0) is 33.6 Å². The number of carbonyl (C=O) groups excluding carboxylic acids is 1. The first kappa shape index (κ1) is 20.4. The zero-order valence-corrected chi connectivity index (χ0v) is 15.8. The van der Waals surface area contributed by atoms with Gasteiger partial charge in [0.1, 0.15) is 0 Å². The van der Waals surface area contributed by atoms with Gasteiger partial charge in [-0.2, -0.15) is 0 Å². The number of oxime groups is 1. The van der Waals surface area contributed by atoms with Gasteiger partial charge in [0.2, 0.25) is 0 Å². The van der Waals surface area contributed by atoms with Crippen molar-refractivity contribution in [2.24, 2.45) is 5.16 Å². The van der Waals surface area contributed by atoms with E-state index in [4.69, 9.17) is 19.0 Å². The molecule has 1 saturated heterocycles. The van der Waals surface area contributed by atoms with E-state index in [-0.39, 0.29) is 11.8 Å². The van der Waals surface area contributed by atoms with Crippen LogP contribution in [0.5, 0.6) is 0 Å². The maximum atomic E-state index is 12.6. The Bertz CT molecular complexity index is 724. The fourth-order valence-electron chi connectivity index (χ4n) is 2.25. The normalized spacial score (nSPS) is 19.8. The molecule has 1 fully saturated rings. The molecule has 2 atom stereocenters. The minimum Gasteiger partial charge on any atom is -0.464 e. The van der Waals surface area contributed by atoms with Gasteiger partial charge >= 0.3 is 5.97 Å². The molecule has 1 N–H and O–H groups in total. The van der Waals surface area contributed by atoms with E-state index < -0.39 is 15.7 Å². The van der Waals surface area contributed by atoms with Crippen LogP contribution in [0, 0.1) is 0 Å². The molecule has 0 saturated carbocycles. The van der Waals surface area contributed by atoms with Crippen molar-refractivity contribution in [3.63, 3.8) is 0 Å². The number of rotatable bonds is 9. The van der Waals surface area contributed by atoms with Crippen molar-refractivity contribution in [3.05, 3.63) is 29.8 Å². The Kier molecular flexibility index (Phi) is 7.58. The average molecular weight is 384 g/mol. The van der Waals surface area contributed by atoms with Gasteiger partial charge in [0.25, 0.3) is 0 Å². The molecule has 1 aromatic rings. The van der Waals surface area contributed by atoms with Gasteiger partial charge in [-0.3, -0.25) is 0 Å². The molecule has 2 rings (SSSR count). The van der Waals surface area contributed by atoms with Gasteiger partial charge in [0, 0.05) is 30.5 Å². The number of nitrogens with one attached hydrogen (secondary N) is 1. The second-order valence-electron chi connectivity index (χ2n) is 5.61. The summed E-state index contributed by atoms with van der Waals surface area (Å²) in [5, 5.41) is 3.94. The Balaban J connectivity index is 2.16.